The van der Waals surface area contributed by atoms with Gasteiger partial charge in [0.1, 0.15) is 29.3 Å². The number of hydrogen-bond acceptors (Lipinski definition) is 6. The number of carbonyl (C=O) groups is 2. The first kappa shape index (κ1) is 23.5. The summed E-state index contributed by atoms with van der Waals surface area (Å²) in [4.78, 5) is 26.9. The minimum Gasteiger partial charge on any atom is -0.497 e. The van der Waals surface area contributed by atoms with Crippen LogP contribution in [0.5, 0.6) is 11.5 Å². The molecular formula is C24H23FN2O6S. The average Bonchev–Trinajstić information content (AvgIpc) is 2.77. The van der Waals surface area contributed by atoms with E-state index in [1.165, 1.54) is 29.2 Å². The quantitative estimate of drug-likeness (QED) is 0.551. The van der Waals surface area contributed by atoms with Crippen molar-refractivity contribution in [2.75, 3.05) is 33.1 Å². The Morgan fingerprint density at radius 1 is 1.00 bits per heavy atom. The predicted molar refractivity (Wildman–Crippen MR) is 124 cm³/mol. The van der Waals surface area contributed by atoms with Crippen molar-refractivity contribution in [1.29, 1.82) is 0 Å². The maximum Gasteiger partial charge on any atom is 0.253 e. The van der Waals surface area contributed by atoms with Gasteiger partial charge < -0.3 is 14.4 Å². The number of nitrogens with one attached hydrogen (secondary N) is 1. The summed E-state index contributed by atoms with van der Waals surface area (Å²) >= 11 is 0. The standard InChI is InChI=1S/C24H23FN2O6S/c1-32-20-9-5-18-12-21(10-6-17(18)11-20)33-15-24(23(29)26-34(2,30)31)13-27(14-24)22(28)16-3-7-19(25)8-4-16/h3-12H,13-15H2,1-2H3,(H,26,29). The van der Waals surface area contributed by atoms with Crippen molar-refractivity contribution in [3.63, 3.8) is 0 Å². The Bertz CT molecular complexity index is 1350. The lowest BCUT2D eigenvalue weighted by atomic mass is 9.79. The Morgan fingerprint density at radius 3 is 2.18 bits per heavy atom. The summed E-state index contributed by atoms with van der Waals surface area (Å²) in [6, 6.07) is 16.0. The van der Waals surface area contributed by atoms with Crippen LogP contribution in [0.15, 0.2) is 60.7 Å². The van der Waals surface area contributed by atoms with E-state index in [4.69, 9.17) is 9.47 Å². The molecule has 0 atom stereocenters. The van der Waals surface area contributed by atoms with Crippen molar-refractivity contribution in [3.8, 4) is 11.5 Å². The summed E-state index contributed by atoms with van der Waals surface area (Å²) < 4.78 is 49.6. The van der Waals surface area contributed by atoms with Gasteiger partial charge in [0.2, 0.25) is 15.9 Å². The summed E-state index contributed by atoms with van der Waals surface area (Å²) in [5, 5.41) is 1.84. The van der Waals surface area contributed by atoms with Gasteiger partial charge in [-0.1, -0.05) is 12.1 Å². The summed E-state index contributed by atoms with van der Waals surface area (Å²) in [6.07, 6.45) is 0.886. The van der Waals surface area contributed by atoms with Crippen LogP contribution in [0.2, 0.25) is 0 Å². The van der Waals surface area contributed by atoms with Crippen LogP contribution in [0.3, 0.4) is 0 Å². The molecule has 4 rings (SSSR count). The van der Waals surface area contributed by atoms with Crippen molar-refractivity contribution in [2.24, 2.45) is 5.41 Å². The number of sulfonamides is 1. The number of nitrogens with zero attached hydrogens (tertiary/aromatic N) is 1. The fraction of sp³-hybridized carbons (Fsp3) is 0.250. The smallest absolute Gasteiger partial charge is 0.253 e. The second-order valence-corrected chi connectivity index (χ2v) is 10.1. The minimum atomic E-state index is -3.81. The molecule has 1 saturated heterocycles. The summed E-state index contributed by atoms with van der Waals surface area (Å²) in [5.41, 5.74) is -0.988. The van der Waals surface area contributed by atoms with E-state index in [0.717, 1.165) is 22.8 Å². The lowest BCUT2D eigenvalue weighted by Crippen LogP contribution is -2.67. The molecule has 0 bridgehead atoms. The van der Waals surface area contributed by atoms with Crippen LogP contribution in [0.1, 0.15) is 10.4 Å². The molecule has 10 heteroatoms. The number of rotatable bonds is 7. The predicted octanol–water partition coefficient (Wildman–Crippen LogP) is 2.58. The number of methoxy groups -OCH3 is 1. The van der Waals surface area contributed by atoms with Gasteiger partial charge in [0.25, 0.3) is 5.91 Å². The average molecular weight is 487 g/mol. The van der Waals surface area contributed by atoms with E-state index in [0.29, 0.717) is 5.75 Å². The van der Waals surface area contributed by atoms with Gasteiger partial charge in [-0.15, -0.1) is 0 Å². The summed E-state index contributed by atoms with van der Waals surface area (Å²) in [6.45, 7) is -0.228. The number of halogens is 1. The summed E-state index contributed by atoms with van der Waals surface area (Å²) in [5.74, 6) is -0.388. The minimum absolute atomic E-state index is 0.0463. The van der Waals surface area contributed by atoms with E-state index in [1.54, 1.807) is 19.2 Å². The van der Waals surface area contributed by atoms with E-state index < -0.39 is 27.2 Å². The second kappa shape index (κ2) is 8.94. The number of likely N-dealkylation sites (tertiary alicyclic amines) is 1. The van der Waals surface area contributed by atoms with Gasteiger partial charge in [0.05, 0.1) is 13.4 Å². The third-order valence-electron chi connectivity index (χ3n) is 5.66. The third kappa shape index (κ3) is 4.96. The van der Waals surface area contributed by atoms with Crippen molar-refractivity contribution in [3.05, 3.63) is 72.0 Å². The molecule has 1 fully saturated rings. The number of carbonyl (C=O) groups excluding carboxylic acids is 2. The molecule has 178 valence electrons. The van der Waals surface area contributed by atoms with Gasteiger partial charge in [-0.3, -0.25) is 14.3 Å². The Balaban J connectivity index is 1.51. The molecular weight excluding hydrogens is 463 g/mol. The largest absolute Gasteiger partial charge is 0.497 e. The molecule has 1 aliphatic rings. The zero-order valence-corrected chi connectivity index (χ0v) is 19.4. The monoisotopic (exact) mass is 486 g/mol. The molecule has 1 aliphatic heterocycles. The number of hydrogen-bond donors (Lipinski definition) is 1. The van der Waals surface area contributed by atoms with Crippen LogP contribution in [-0.4, -0.2) is 58.2 Å². The molecule has 1 N–H and O–H groups in total. The van der Waals surface area contributed by atoms with Crippen molar-refractivity contribution in [1.82, 2.24) is 9.62 Å². The molecule has 1 heterocycles. The highest BCUT2D eigenvalue weighted by Crippen LogP contribution is 2.34. The van der Waals surface area contributed by atoms with E-state index in [1.807, 2.05) is 29.0 Å². The third-order valence-corrected chi connectivity index (χ3v) is 6.22. The first-order chi connectivity index (χ1) is 16.1. The van der Waals surface area contributed by atoms with Crippen LogP contribution in [-0.2, 0) is 14.8 Å². The van der Waals surface area contributed by atoms with Crippen molar-refractivity contribution < 1.29 is 31.9 Å². The first-order valence-electron chi connectivity index (χ1n) is 10.4. The highest BCUT2D eigenvalue weighted by molar-refractivity contribution is 7.89. The molecule has 8 nitrogen and oxygen atoms in total. The zero-order chi connectivity index (χ0) is 24.5. The molecule has 3 aromatic carbocycles. The van der Waals surface area contributed by atoms with Gasteiger partial charge in [-0.05, 0) is 59.3 Å². The van der Waals surface area contributed by atoms with E-state index in [-0.39, 0.29) is 31.2 Å². The number of benzene rings is 3. The molecule has 0 aliphatic carbocycles. The topological polar surface area (TPSA) is 102 Å². The van der Waals surface area contributed by atoms with Crippen molar-refractivity contribution in [2.45, 2.75) is 0 Å². The fourth-order valence-electron chi connectivity index (χ4n) is 3.82. The zero-order valence-electron chi connectivity index (χ0n) is 18.6. The Morgan fingerprint density at radius 2 is 1.59 bits per heavy atom. The van der Waals surface area contributed by atoms with E-state index in [9.17, 15) is 22.4 Å². The lowest BCUT2D eigenvalue weighted by Gasteiger charge is -2.48. The molecule has 34 heavy (non-hydrogen) atoms. The summed E-state index contributed by atoms with van der Waals surface area (Å²) in [7, 11) is -2.22. The Kier molecular flexibility index (Phi) is 6.18. The van der Waals surface area contributed by atoms with Crippen molar-refractivity contribution >= 4 is 32.6 Å². The van der Waals surface area contributed by atoms with Gasteiger partial charge in [0, 0.05) is 18.7 Å². The lowest BCUT2D eigenvalue weighted by molar-refractivity contribution is -0.140. The number of ether oxygens (including phenoxy) is 2. The van der Waals surface area contributed by atoms with Gasteiger partial charge in [0.15, 0.2) is 0 Å². The first-order valence-corrected chi connectivity index (χ1v) is 12.3. The van der Waals surface area contributed by atoms with Gasteiger partial charge in [-0.2, -0.15) is 0 Å². The maximum atomic E-state index is 13.2. The molecule has 0 unspecified atom stereocenters. The SMILES string of the molecule is COc1ccc2cc(OCC3(C(=O)NS(C)(=O)=O)CN(C(=O)c4ccc(F)cc4)C3)ccc2c1. The van der Waals surface area contributed by atoms with Crippen LogP contribution >= 0.6 is 0 Å². The molecule has 0 radical (unpaired) electrons. The van der Waals surface area contributed by atoms with E-state index in [2.05, 4.69) is 0 Å². The second-order valence-electron chi connectivity index (χ2n) is 8.32. The van der Waals surface area contributed by atoms with Crippen LogP contribution in [0.25, 0.3) is 10.8 Å². The van der Waals surface area contributed by atoms with Crippen LogP contribution < -0.4 is 14.2 Å². The van der Waals surface area contributed by atoms with E-state index >= 15 is 0 Å². The maximum absolute atomic E-state index is 13.2. The molecule has 3 aromatic rings. The molecule has 0 aromatic heterocycles. The van der Waals surface area contributed by atoms with Crippen LogP contribution in [0.4, 0.5) is 4.39 Å². The Labute approximate surface area is 196 Å². The molecule has 2 amide bonds. The van der Waals surface area contributed by atoms with Gasteiger partial charge >= 0.3 is 0 Å². The number of amides is 2. The normalized spacial score (nSPS) is 14.9. The Hall–Kier alpha value is -3.66. The highest BCUT2D eigenvalue weighted by Gasteiger charge is 2.52. The highest BCUT2D eigenvalue weighted by atomic mass is 32.2. The number of fused-ring (bicyclic) bond motifs is 1. The van der Waals surface area contributed by atoms with Gasteiger partial charge in [-0.25, -0.2) is 12.8 Å². The molecule has 0 spiro atoms. The van der Waals surface area contributed by atoms with Crippen LogP contribution in [0, 0.1) is 11.2 Å². The fourth-order valence-corrected chi connectivity index (χ4v) is 4.37. The molecule has 0 saturated carbocycles.